The molecular formula is C15H19N3O3. The molecule has 1 aliphatic heterocycles. The molecule has 2 amide bonds. The molecule has 0 radical (unpaired) electrons. The molecule has 0 aliphatic carbocycles. The van der Waals surface area contributed by atoms with Crippen molar-refractivity contribution in [3.8, 4) is 5.75 Å². The number of nitrogens with zero attached hydrogens (tertiary/aromatic N) is 1. The van der Waals surface area contributed by atoms with E-state index in [1.165, 1.54) is 0 Å². The second-order valence-electron chi connectivity index (χ2n) is 4.80. The van der Waals surface area contributed by atoms with Crippen LogP contribution in [-0.2, 0) is 9.59 Å². The molecule has 6 nitrogen and oxygen atoms in total. The van der Waals surface area contributed by atoms with Gasteiger partial charge in [-0.2, -0.15) is 5.10 Å². The van der Waals surface area contributed by atoms with Crippen molar-refractivity contribution in [1.82, 2.24) is 10.7 Å². The van der Waals surface area contributed by atoms with Crippen molar-refractivity contribution >= 4 is 17.5 Å². The fraction of sp³-hybridized carbons (Fsp3) is 0.400. The molecule has 6 heteroatoms. The zero-order valence-corrected chi connectivity index (χ0v) is 12.2. The van der Waals surface area contributed by atoms with Crippen molar-refractivity contribution in [3.63, 3.8) is 0 Å². The molecule has 0 fully saturated rings. The number of benzene rings is 1. The highest BCUT2D eigenvalue weighted by Crippen LogP contribution is 2.20. The fourth-order valence-electron chi connectivity index (χ4n) is 2.14. The summed E-state index contributed by atoms with van der Waals surface area (Å²) in [5.41, 5.74) is 3.70. The summed E-state index contributed by atoms with van der Waals surface area (Å²) in [6, 6.07) is 7.49. The Morgan fingerprint density at radius 1 is 1.38 bits per heavy atom. The van der Waals surface area contributed by atoms with E-state index in [-0.39, 0.29) is 17.9 Å². The van der Waals surface area contributed by atoms with Crippen LogP contribution in [0.2, 0.25) is 0 Å². The largest absolute Gasteiger partial charge is 0.497 e. The normalized spacial score (nSPS) is 15.7. The number of carbonyl (C=O) groups excluding carboxylic acids is 2. The maximum atomic E-state index is 12.2. The first kappa shape index (κ1) is 15.0. The Balaban J connectivity index is 2.04. The molecule has 1 aromatic rings. The Labute approximate surface area is 123 Å². The minimum Gasteiger partial charge on any atom is -0.497 e. The number of hydrogen-bond donors (Lipinski definition) is 2. The zero-order chi connectivity index (χ0) is 15.2. The Morgan fingerprint density at radius 3 is 2.62 bits per heavy atom. The number of rotatable bonds is 5. The van der Waals surface area contributed by atoms with E-state index in [1.807, 2.05) is 31.2 Å². The average molecular weight is 289 g/mol. The molecule has 2 N–H and O–H groups in total. The molecule has 0 spiro atoms. The minimum absolute atomic E-state index is 0.0938. The van der Waals surface area contributed by atoms with Crippen LogP contribution in [-0.4, -0.2) is 24.6 Å². The molecule has 2 rings (SSSR count). The lowest BCUT2D eigenvalue weighted by Crippen LogP contribution is -2.38. The van der Waals surface area contributed by atoms with Crippen molar-refractivity contribution in [3.05, 3.63) is 29.8 Å². The third-order valence-electron chi connectivity index (χ3n) is 3.40. The summed E-state index contributed by atoms with van der Waals surface area (Å²) >= 11 is 0. The van der Waals surface area contributed by atoms with Crippen LogP contribution in [0.3, 0.4) is 0 Å². The molecule has 0 saturated carbocycles. The van der Waals surface area contributed by atoms with Gasteiger partial charge in [-0.15, -0.1) is 0 Å². The number of hydrogen-bond acceptors (Lipinski definition) is 4. The number of ether oxygens (including phenoxy) is 1. The lowest BCUT2D eigenvalue weighted by atomic mass is 10.0. The van der Waals surface area contributed by atoms with E-state index in [0.29, 0.717) is 18.6 Å². The molecule has 0 bridgehead atoms. The lowest BCUT2D eigenvalue weighted by Gasteiger charge is -2.19. The molecule has 1 aromatic carbocycles. The van der Waals surface area contributed by atoms with Gasteiger partial charge in [-0.25, -0.2) is 5.43 Å². The smallest absolute Gasteiger partial charge is 0.267 e. The number of hydrazone groups is 1. The molecule has 21 heavy (non-hydrogen) atoms. The topological polar surface area (TPSA) is 79.8 Å². The molecule has 1 atom stereocenters. The summed E-state index contributed by atoms with van der Waals surface area (Å²) < 4.78 is 5.12. The third-order valence-corrected chi connectivity index (χ3v) is 3.40. The first-order valence-corrected chi connectivity index (χ1v) is 6.94. The van der Waals surface area contributed by atoms with Crippen molar-refractivity contribution in [2.75, 3.05) is 7.11 Å². The molecule has 1 heterocycles. The van der Waals surface area contributed by atoms with E-state index in [1.54, 1.807) is 7.11 Å². The van der Waals surface area contributed by atoms with Gasteiger partial charge >= 0.3 is 0 Å². The number of amides is 2. The van der Waals surface area contributed by atoms with Gasteiger partial charge in [0, 0.05) is 12.8 Å². The Kier molecular flexibility index (Phi) is 4.92. The highest BCUT2D eigenvalue weighted by atomic mass is 16.5. The van der Waals surface area contributed by atoms with Crippen LogP contribution in [0, 0.1) is 0 Å². The van der Waals surface area contributed by atoms with Gasteiger partial charge < -0.3 is 10.1 Å². The van der Waals surface area contributed by atoms with Crippen molar-refractivity contribution in [1.29, 1.82) is 0 Å². The van der Waals surface area contributed by atoms with E-state index < -0.39 is 0 Å². The molecule has 1 unspecified atom stereocenters. The monoisotopic (exact) mass is 289 g/mol. The Morgan fingerprint density at radius 2 is 2.10 bits per heavy atom. The van der Waals surface area contributed by atoms with Gasteiger partial charge in [0.2, 0.25) is 5.91 Å². The minimum atomic E-state index is -0.238. The van der Waals surface area contributed by atoms with Gasteiger partial charge in [-0.3, -0.25) is 9.59 Å². The fourth-order valence-corrected chi connectivity index (χ4v) is 2.14. The van der Waals surface area contributed by atoms with Gasteiger partial charge in [0.25, 0.3) is 5.91 Å². The van der Waals surface area contributed by atoms with Gasteiger partial charge in [0.05, 0.1) is 13.2 Å². The molecular weight excluding hydrogens is 270 g/mol. The highest BCUT2D eigenvalue weighted by Gasteiger charge is 2.21. The van der Waals surface area contributed by atoms with Crippen LogP contribution in [0.1, 0.15) is 37.8 Å². The van der Waals surface area contributed by atoms with Gasteiger partial charge in [-0.1, -0.05) is 19.1 Å². The van der Waals surface area contributed by atoms with Crippen LogP contribution >= 0.6 is 0 Å². The highest BCUT2D eigenvalue weighted by molar-refractivity contribution is 6.39. The standard InChI is InChI=1S/C15H19N3O3/c1-3-12(10-4-6-11(21-2)7-5-10)16-15(20)13-8-9-14(19)18-17-13/h4-7,12H,3,8-9H2,1-2H3,(H,16,20)(H,18,19). The van der Waals surface area contributed by atoms with E-state index in [9.17, 15) is 9.59 Å². The average Bonchev–Trinajstić information content (AvgIpc) is 2.53. The van der Waals surface area contributed by atoms with E-state index in [0.717, 1.165) is 17.7 Å². The maximum absolute atomic E-state index is 12.2. The Bertz CT molecular complexity index is 552. The van der Waals surface area contributed by atoms with Crippen LogP contribution < -0.4 is 15.5 Å². The van der Waals surface area contributed by atoms with E-state index >= 15 is 0 Å². The van der Waals surface area contributed by atoms with E-state index in [4.69, 9.17) is 4.74 Å². The molecule has 1 aliphatic rings. The second-order valence-corrected chi connectivity index (χ2v) is 4.80. The SMILES string of the molecule is CCC(NC(=O)C1=NNC(=O)CC1)c1ccc(OC)cc1. The summed E-state index contributed by atoms with van der Waals surface area (Å²) in [7, 11) is 1.61. The molecule has 0 aromatic heterocycles. The van der Waals surface area contributed by atoms with E-state index in [2.05, 4.69) is 15.8 Å². The summed E-state index contributed by atoms with van der Waals surface area (Å²) in [4.78, 5) is 23.2. The first-order valence-electron chi connectivity index (χ1n) is 6.94. The van der Waals surface area contributed by atoms with Crippen LogP contribution in [0.5, 0.6) is 5.75 Å². The predicted octanol–water partition coefficient (Wildman–Crippen LogP) is 1.53. The number of methoxy groups -OCH3 is 1. The number of nitrogens with one attached hydrogen (secondary N) is 2. The summed E-state index contributed by atoms with van der Waals surface area (Å²) in [5.74, 6) is 0.380. The summed E-state index contributed by atoms with van der Waals surface area (Å²) in [6.45, 7) is 2.00. The summed E-state index contributed by atoms with van der Waals surface area (Å²) in [5, 5.41) is 6.75. The predicted molar refractivity (Wildman–Crippen MR) is 79.0 cm³/mol. The Hall–Kier alpha value is -2.37. The van der Waals surface area contributed by atoms with Crippen molar-refractivity contribution in [2.45, 2.75) is 32.2 Å². The molecule has 112 valence electrons. The maximum Gasteiger partial charge on any atom is 0.267 e. The van der Waals surface area contributed by atoms with Crippen LogP contribution in [0.25, 0.3) is 0 Å². The quantitative estimate of drug-likeness (QED) is 0.862. The van der Waals surface area contributed by atoms with Gasteiger partial charge in [0.15, 0.2) is 0 Å². The first-order chi connectivity index (χ1) is 10.1. The lowest BCUT2D eigenvalue weighted by molar-refractivity contribution is -0.121. The van der Waals surface area contributed by atoms with Crippen molar-refractivity contribution in [2.24, 2.45) is 5.10 Å². The zero-order valence-electron chi connectivity index (χ0n) is 12.2. The van der Waals surface area contributed by atoms with Crippen LogP contribution in [0.4, 0.5) is 0 Å². The number of carbonyl (C=O) groups is 2. The van der Waals surface area contributed by atoms with Crippen LogP contribution in [0.15, 0.2) is 29.4 Å². The second kappa shape index (κ2) is 6.88. The summed E-state index contributed by atoms with van der Waals surface area (Å²) in [6.07, 6.45) is 1.43. The third kappa shape index (κ3) is 3.81. The molecule has 0 saturated heterocycles. The van der Waals surface area contributed by atoms with Gasteiger partial charge in [-0.05, 0) is 24.1 Å². The van der Waals surface area contributed by atoms with Gasteiger partial charge in [0.1, 0.15) is 11.5 Å². The van der Waals surface area contributed by atoms with Crippen molar-refractivity contribution < 1.29 is 14.3 Å².